The monoisotopic (exact) mass is 290 g/mol. The van der Waals surface area contributed by atoms with E-state index in [1.807, 2.05) is 26.0 Å². The summed E-state index contributed by atoms with van der Waals surface area (Å²) in [7, 11) is 0. The molecule has 4 nitrogen and oxygen atoms in total. The third-order valence-electron chi connectivity index (χ3n) is 3.67. The lowest BCUT2D eigenvalue weighted by molar-refractivity contribution is -0.120. The number of carbonyl (C=O) groups excluding carboxylic acids is 1. The van der Waals surface area contributed by atoms with Gasteiger partial charge in [-0.1, -0.05) is 50.7 Å². The molecule has 1 amide bonds. The van der Waals surface area contributed by atoms with Crippen LogP contribution in [0.5, 0.6) is 0 Å². The van der Waals surface area contributed by atoms with Crippen LogP contribution < -0.4 is 10.9 Å². The van der Waals surface area contributed by atoms with Gasteiger partial charge in [0, 0.05) is 10.6 Å². The zero-order valence-electron chi connectivity index (χ0n) is 11.8. The van der Waals surface area contributed by atoms with Crippen LogP contribution in [0.1, 0.15) is 27.2 Å². The molecule has 0 bridgehead atoms. The Kier molecular flexibility index (Phi) is 4.49. The van der Waals surface area contributed by atoms with Gasteiger partial charge in [-0.3, -0.25) is 9.59 Å². The first-order chi connectivity index (χ1) is 9.52. The standard InChI is InChI=1S/C15H18N2O2S/c1-4-9(2)10(3)13(18)16-15-17-14(19)11-7-5-6-8-12(11)20-15/h5-10H,4H2,1-3H3,(H,16,17,18,19)/t9-,10+/m1/s1. The lowest BCUT2D eigenvalue weighted by Gasteiger charge is -2.17. The molecule has 1 heterocycles. The fourth-order valence-corrected chi connectivity index (χ4v) is 2.80. The largest absolute Gasteiger partial charge is 0.302 e. The summed E-state index contributed by atoms with van der Waals surface area (Å²) in [5.74, 6) is 0.112. The number of benzene rings is 1. The molecule has 0 aliphatic carbocycles. The zero-order valence-corrected chi connectivity index (χ0v) is 12.7. The predicted molar refractivity (Wildman–Crippen MR) is 83.1 cm³/mol. The molecule has 2 rings (SSSR count). The summed E-state index contributed by atoms with van der Waals surface area (Å²) in [6.07, 6.45) is 0.940. The Morgan fingerprint density at radius 3 is 2.75 bits per heavy atom. The highest BCUT2D eigenvalue weighted by atomic mass is 32.1. The lowest BCUT2D eigenvalue weighted by Crippen LogP contribution is -2.26. The van der Waals surface area contributed by atoms with Crippen LogP contribution in [-0.4, -0.2) is 10.9 Å². The molecule has 0 saturated carbocycles. The number of nitrogens with zero attached hydrogens (tertiary/aromatic N) is 1. The molecule has 0 unspecified atom stereocenters. The van der Waals surface area contributed by atoms with Crippen molar-refractivity contribution in [2.75, 3.05) is 5.32 Å². The van der Waals surface area contributed by atoms with E-state index in [4.69, 9.17) is 0 Å². The third kappa shape index (κ3) is 3.04. The second-order valence-electron chi connectivity index (χ2n) is 4.98. The van der Waals surface area contributed by atoms with Gasteiger partial charge in [-0.15, -0.1) is 0 Å². The van der Waals surface area contributed by atoms with E-state index < -0.39 is 0 Å². The first kappa shape index (κ1) is 14.7. The van der Waals surface area contributed by atoms with E-state index in [0.717, 1.165) is 11.1 Å². The van der Waals surface area contributed by atoms with Crippen molar-refractivity contribution in [3.05, 3.63) is 34.6 Å². The van der Waals surface area contributed by atoms with Gasteiger partial charge in [-0.25, -0.2) is 0 Å². The maximum atomic E-state index is 12.1. The second-order valence-corrected chi connectivity index (χ2v) is 6.01. The van der Waals surface area contributed by atoms with Gasteiger partial charge in [0.15, 0.2) is 5.13 Å². The normalized spacial score (nSPS) is 13.9. The Hall–Kier alpha value is -1.75. The van der Waals surface area contributed by atoms with Crippen LogP contribution in [0, 0.1) is 11.8 Å². The summed E-state index contributed by atoms with van der Waals surface area (Å²) in [6, 6.07) is 7.28. The predicted octanol–water partition coefficient (Wildman–Crippen LogP) is 3.28. The SMILES string of the molecule is CC[C@@H](C)[C@H](C)C(=O)Nc1nc(=O)c2ccccc2s1. The van der Waals surface area contributed by atoms with Crippen molar-refractivity contribution in [1.82, 2.24) is 4.98 Å². The van der Waals surface area contributed by atoms with Crippen LogP contribution in [-0.2, 0) is 4.79 Å². The Bertz CT molecular complexity index is 681. The van der Waals surface area contributed by atoms with Gasteiger partial charge in [0.1, 0.15) is 0 Å². The summed E-state index contributed by atoms with van der Waals surface area (Å²) in [4.78, 5) is 27.9. The van der Waals surface area contributed by atoms with Gasteiger partial charge < -0.3 is 5.32 Å². The first-order valence-corrected chi connectivity index (χ1v) is 7.55. The van der Waals surface area contributed by atoms with Crippen molar-refractivity contribution < 1.29 is 4.79 Å². The van der Waals surface area contributed by atoms with Gasteiger partial charge >= 0.3 is 0 Å². The summed E-state index contributed by atoms with van der Waals surface area (Å²) < 4.78 is 0.832. The molecule has 0 aliphatic heterocycles. The number of anilines is 1. The molecule has 0 spiro atoms. The van der Waals surface area contributed by atoms with Crippen molar-refractivity contribution >= 4 is 32.5 Å². The van der Waals surface area contributed by atoms with Crippen LogP contribution in [0.3, 0.4) is 0 Å². The number of hydrogen-bond donors (Lipinski definition) is 1. The first-order valence-electron chi connectivity index (χ1n) is 6.73. The summed E-state index contributed by atoms with van der Waals surface area (Å²) in [5, 5.41) is 3.72. The minimum atomic E-state index is -0.300. The fraction of sp³-hybridized carbons (Fsp3) is 0.400. The maximum Gasteiger partial charge on any atom is 0.281 e. The van der Waals surface area contributed by atoms with E-state index in [9.17, 15) is 9.59 Å². The lowest BCUT2D eigenvalue weighted by atomic mass is 9.93. The molecule has 0 aliphatic rings. The number of hydrogen-bond acceptors (Lipinski definition) is 4. The van der Waals surface area contributed by atoms with E-state index in [-0.39, 0.29) is 17.4 Å². The Morgan fingerprint density at radius 2 is 2.05 bits per heavy atom. The number of carbonyl (C=O) groups is 1. The summed E-state index contributed by atoms with van der Waals surface area (Å²) >= 11 is 1.32. The van der Waals surface area contributed by atoms with Crippen LogP contribution in [0.25, 0.3) is 10.1 Å². The highest BCUT2D eigenvalue weighted by Crippen LogP contribution is 2.22. The van der Waals surface area contributed by atoms with Gasteiger partial charge in [0.25, 0.3) is 5.56 Å². The topological polar surface area (TPSA) is 59.1 Å². The van der Waals surface area contributed by atoms with Crippen molar-refractivity contribution in [3.63, 3.8) is 0 Å². The van der Waals surface area contributed by atoms with Crippen LogP contribution >= 0.6 is 11.3 Å². The molecule has 0 fully saturated rings. The maximum absolute atomic E-state index is 12.1. The van der Waals surface area contributed by atoms with E-state index in [0.29, 0.717) is 16.4 Å². The quantitative estimate of drug-likeness (QED) is 0.940. The molecule has 0 saturated heterocycles. The second kappa shape index (κ2) is 6.13. The average molecular weight is 290 g/mol. The smallest absolute Gasteiger partial charge is 0.281 e. The van der Waals surface area contributed by atoms with Crippen molar-refractivity contribution in [2.24, 2.45) is 11.8 Å². The summed E-state index contributed by atoms with van der Waals surface area (Å²) in [5.41, 5.74) is -0.300. The molecular formula is C15H18N2O2S. The highest BCUT2D eigenvalue weighted by molar-refractivity contribution is 7.21. The van der Waals surface area contributed by atoms with Crippen molar-refractivity contribution in [2.45, 2.75) is 27.2 Å². The Balaban J connectivity index is 2.26. The minimum absolute atomic E-state index is 0.0854. The number of aromatic nitrogens is 1. The minimum Gasteiger partial charge on any atom is -0.302 e. The molecule has 1 N–H and O–H groups in total. The number of amides is 1. The highest BCUT2D eigenvalue weighted by Gasteiger charge is 2.19. The number of nitrogens with one attached hydrogen (secondary N) is 1. The number of rotatable bonds is 4. The van der Waals surface area contributed by atoms with E-state index in [1.165, 1.54) is 11.3 Å². The molecule has 2 atom stereocenters. The van der Waals surface area contributed by atoms with Crippen molar-refractivity contribution in [3.8, 4) is 0 Å². The molecule has 2 aromatic rings. The molecular weight excluding hydrogens is 272 g/mol. The fourth-order valence-electron chi connectivity index (χ4n) is 1.90. The average Bonchev–Trinajstić information content (AvgIpc) is 2.45. The van der Waals surface area contributed by atoms with Crippen LogP contribution in [0.4, 0.5) is 5.13 Å². The molecule has 1 aromatic heterocycles. The molecule has 1 aromatic carbocycles. The molecule has 0 radical (unpaired) electrons. The molecule has 106 valence electrons. The van der Waals surface area contributed by atoms with Gasteiger partial charge in [-0.05, 0) is 18.1 Å². The number of fused-ring (bicyclic) bond motifs is 1. The Morgan fingerprint density at radius 1 is 1.35 bits per heavy atom. The van der Waals surface area contributed by atoms with Gasteiger partial charge in [0.05, 0.1) is 5.39 Å². The van der Waals surface area contributed by atoms with Crippen LogP contribution in [0.2, 0.25) is 0 Å². The van der Waals surface area contributed by atoms with E-state index in [1.54, 1.807) is 12.1 Å². The molecule has 5 heteroatoms. The molecule has 20 heavy (non-hydrogen) atoms. The van der Waals surface area contributed by atoms with Crippen LogP contribution in [0.15, 0.2) is 29.1 Å². The summed E-state index contributed by atoms with van der Waals surface area (Å²) in [6.45, 7) is 5.99. The third-order valence-corrected chi connectivity index (χ3v) is 4.63. The van der Waals surface area contributed by atoms with Crippen molar-refractivity contribution in [1.29, 1.82) is 0 Å². The van der Waals surface area contributed by atoms with Gasteiger partial charge in [0.2, 0.25) is 5.91 Å². The van der Waals surface area contributed by atoms with E-state index >= 15 is 0 Å². The zero-order chi connectivity index (χ0) is 14.7. The Labute approximate surface area is 121 Å². The van der Waals surface area contributed by atoms with Gasteiger partial charge in [-0.2, -0.15) is 4.98 Å². The van der Waals surface area contributed by atoms with E-state index in [2.05, 4.69) is 17.2 Å².